The minimum Gasteiger partial charge on any atom is -0.328 e. The van der Waals surface area contributed by atoms with Gasteiger partial charge in [0.2, 0.25) is 0 Å². The van der Waals surface area contributed by atoms with Crippen molar-refractivity contribution in [2.45, 2.75) is 45.6 Å². The molecular formula is C15H21F2NO. The summed E-state index contributed by atoms with van der Waals surface area (Å²) >= 11 is 0. The van der Waals surface area contributed by atoms with E-state index in [-0.39, 0.29) is 24.2 Å². The molecule has 1 rings (SSSR count). The number of nitrogens with two attached hydrogens (primary N) is 1. The van der Waals surface area contributed by atoms with Crippen LogP contribution in [0.4, 0.5) is 8.78 Å². The van der Waals surface area contributed by atoms with Gasteiger partial charge in [-0.2, -0.15) is 0 Å². The van der Waals surface area contributed by atoms with E-state index >= 15 is 0 Å². The maximum atomic E-state index is 13.0. The monoisotopic (exact) mass is 269 g/mol. The number of hydrogen-bond acceptors (Lipinski definition) is 2. The van der Waals surface area contributed by atoms with Crippen LogP contribution in [0.2, 0.25) is 0 Å². The Morgan fingerprint density at radius 2 is 1.74 bits per heavy atom. The molecule has 0 saturated heterocycles. The predicted molar refractivity (Wildman–Crippen MR) is 71.7 cm³/mol. The van der Waals surface area contributed by atoms with Crippen molar-refractivity contribution in [1.82, 2.24) is 0 Å². The highest BCUT2D eigenvalue weighted by Crippen LogP contribution is 2.15. The summed E-state index contributed by atoms with van der Waals surface area (Å²) in [6.07, 6.45) is 2.61. The normalized spacial score (nSPS) is 14.2. The van der Waals surface area contributed by atoms with Gasteiger partial charge >= 0.3 is 0 Å². The lowest BCUT2D eigenvalue weighted by atomic mass is 9.94. The molecule has 0 fully saturated rings. The largest absolute Gasteiger partial charge is 0.328 e. The minimum atomic E-state index is -0.646. The average molecular weight is 269 g/mol. The zero-order valence-corrected chi connectivity index (χ0v) is 11.5. The second-order valence-corrected chi connectivity index (χ2v) is 5.23. The van der Waals surface area contributed by atoms with Crippen molar-refractivity contribution < 1.29 is 13.6 Å². The summed E-state index contributed by atoms with van der Waals surface area (Å²) < 4.78 is 26.0. The van der Waals surface area contributed by atoms with Gasteiger partial charge in [-0.05, 0) is 37.5 Å². The van der Waals surface area contributed by atoms with Crippen molar-refractivity contribution in [1.29, 1.82) is 0 Å². The zero-order chi connectivity index (χ0) is 14.4. The number of hydrogen-bond donors (Lipinski definition) is 1. The van der Waals surface area contributed by atoms with Crippen LogP contribution >= 0.6 is 0 Å². The molecule has 1 aromatic rings. The Kier molecular flexibility index (Phi) is 6.09. The summed E-state index contributed by atoms with van der Waals surface area (Å²) in [5, 5.41) is 0. The van der Waals surface area contributed by atoms with Gasteiger partial charge < -0.3 is 5.73 Å². The highest BCUT2D eigenvalue weighted by Gasteiger charge is 2.14. The van der Waals surface area contributed by atoms with Crippen LogP contribution in [0, 0.1) is 17.6 Å². The van der Waals surface area contributed by atoms with Crippen molar-refractivity contribution in [3.63, 3.8) is 0 Å². The third-order valence-electron chi connectivity index (χ3n) is 3.15. The highest BCUT2D eigenvalue weighted by molar-refractivity contribution is 5.82. The van der Waals surface area contributed by atoms with Crippen molar-refractivity contribution in [3.05, 3.63) is 35.4 Å². The second-order valence-electron chi connectivity index (χ2n) is 5.23. The Labute approximate surface area is 113 Å². The molecule has 0 bridgehead atoms. The van der Waals surface area contributed by atoms with Crippen LogP contribution in [0.3, 0.4) is 0 Å². The molecule has 106 valence electrons. The quantitative estimate of drug-likeness (QED) is 0.825. The third-order valence-corrected chi connectivity index (χ3v) is 3.15. The van der Waals surface area contributed by atoms with Crippen LogP contribution in [0.15, 0.2) is 18.2 Å². The first kappa shape index (κ1) is 15.8. The summed E-state index contributed by atoms with van der Waals surface area (Å²) in [5.41, 5.74) is 6.03. The molecule has 0 aromatic heterocycles. The number of carbonyl (C=O) groups is 1. The molecule has 4 heteroatoms. The fraction of sp³-hybridized carbons (Fsp3) is 0.533. The first-order valence-corrected chi connectivity index (χ1v) is 6.61. The van der Waals surface area contributed by atoms with Crippen molar-refractivity contribution in [2.24, 2.45) is 11.7 Å². The van der Waals surface area contributed by atoms with Gasteiger partial charge in [0, 0.05) is 24.4 Å². The van der Waals surface area contributed by atoms with Crippen LogP contribution in [0.5, 0.6) is 0 Å². The molecule has 1 aromatic carbocycles. The fourth-order valence-corrected chi connectivity index (χ4v) is 2.00. The molecule has 2 atom stereocenters. The summed E-state index contributed by atoms with van der Waals surface area (Å²) in [5.74, 6) is -1.39. The number of rotatable bonds is 7. The number of benzene rings is 1. The molecule has 0 aliphatic carbocycles. The van der Waals surface area contributed by atoms with Gasteiger partial charge in [0.25, 0.3) is 0 Å². The molecular weight excluding hydrogens is 248 g/mol. The molecule has 0 aliphatic rings. The first-order chi connectivity index (χ1) is 8.88. The van der Waals surface area contributed by atoms with Gasteiger partial charge in [-0.15, -0.1) is 0 Å². The maximum Gasteiger partial charge on any atom is 0.140 e. The first-order valence-electron chi connectivity index (χ1n) is 6.61. The molecule has 2 N–H and O–H groups in total. The molecule has 19 heavy (non-hydrogen) atoms. The van der Waals surface area contributed by atoms with Crippen LogP contribution in [-0.4, -0.2) is 11.8 Å². The van der Waals surface area contributed by atoms with E-state index in [1.165, 1.54) is 12.1 Å². The highest BCUT2D eigenvalue weighted by atomic mass is 19.1. The average Bonchev–Trinajstić information content (AvgIpc) is 2.26. The van der Waals surface area contributed by atoms with E-state index in [0.717, 1.165) is 25.3 Å². The lowest BCUT2D eigenvalue weighted by molar-refractivity contribution is -0.121. The number of ketones is 1. The fourth-order valence-electron chi connectivity index (χ4n) is 2.00. The third kappa shape index (κ3) is 5.92. The molecule has 2 unspecified atom stereocenters. The number of halogens is 2. The van der Waals surface area contributed by atoms with Gasteiger partial charge in [-0.3, -0.25) is 4.79 Å². The van der Waals surface area contributed by atoms with Crippen LogP contribution in [0.25, 0.3) is 0 Å². The summed E-state index contributed by atoms with van der Waals surface area (Å²) in [6, 6.07) is 3.35. The lowest BCUT2D eigenvalue weighted by Crippen LogP contribution is -2.17. The van der Waals surface area contributed by atoms with E-state index in [0.29, 0.717) is 5.56 Å². The number of Topliss-reactive ketones (excluding diaryl/α,β-unsaturated/α-hetero) is 1. The van der Waals surface area contributed by atoms with E-state index in [9.17, 15) is 13.6 Å². The Balaban J connectivity index is 2.49. The Morgan fingerprint density at radius 3 is 2.26 bits per heavy atom. The van der Waals surface area contributed by atoms with Crippen molar-refractivity contribution in [3.8, 4) is 0 Å². The SMILES string of the molecule is CC(N)CCCC(C)C(=O)Cc1cc(F)cc(F)c1. The van der Waals surface area contributed by atoms with E-state index < -0.39 is 11.6 Å². The summed E-state index contributed by atoms with van der Waals surface area (Å²) in [6.45, 7) is 3.78. The molecule has 0 spiro atoms. The standard InChI is InChI=1S/C15H21F2NO/c1-10(4-3-5-11(2)18)15(19)8-12-6-13(16)9-14(17)7-12/h6-7,9-11H,3-5,8,18H2,1-2H3. The van der Waals surface area contributed by atoms with Gasteiger partial charge in [-0.1, -0.05) is 13.3 Å². The van der Waals surface area contributed by atoms with Gasteiger partial charge in [0.05, 0.1) is 0 Å². The smallest absolute Gasteiger partial charge is 0.140 e. The van der Waals surface area contributed by atoms with E-state index in [4.69, 9.17) is 5.73 Å². The van der Waals surface area contributed by atoms with Gasteiger partial charge in [-0.25, -0.2) is 8.78 Å². The van der Waals surface area contributed by atoms with E-state index in [1.807, 2.05) is 13.8 Å². The Hall–Kier alpha value is -1.29. The zero-order valence-electron chi connectivity index (χ0n) is 11.5. The van der Waals surface area contributed by atoms with E-state index in [1.54, 1.807) is 0 Å². The summed E-state index contributed by atoms with van der Waals surface area (Å²) in [4.78, 5) is 11.9. The van der Waals surface area contributed by atoms with Crippen LogP contribution in [-0.2, 0) is 11.2 Å². The Morgan fingerprint density at radius 1 is 1.16 bits per heavy atom. The van der Waals surface area contributed by atoms with Crippen molar-refractivity contribution in [2.75, 3.05) is 0 Å². The molecule has 2 nitrogen and oxygen atoms in total. The molecule has 0 saturated carbocycles. The second kappa shape index (κ2) is 7.34. The van der Waals surface area contributed by atoms with Crippen LogP contribution < -0.4 is 5.73 Å². The number of carbonyl (C=O) groups excluding carboxylic acids is 1. The predicted octanol–water partition coefficient (Wildman–Crippen LogP) is 3.23. The molecule has 0 radical (unpaired) electrons. The Bertz CT molecular complexity index is 412. The van der Waals surface area contributed by atoms with Gasteiger partial charge in [0.1, 0.15) is 17.4 Å². The minimum absolute atomic E-state index is 0.00896. The van der Waals surface area contributed by atoms with E-state index in [2.05, 4.69) is 0 Å². The van der Waals surface area contributed by atoms with Crippen molar-refractivity contribution >= 4 is 5.78 Å². The topological polar surface area (TPSA) is 43.1 Å². The molecule has 0 amide bonds. The maximum absolute atomic E-state index is 13.0. The summed E-state index contributed by atoms with van der Waals surface area (Å²) in [7, 11) is 0. The molecule has 0 aliphatic heterocycles. The molecule has 0 heterocycles. The van der Waals surface area contributed by atoms with Crippen LogP contribution in [0.1, 0.15) is 38.7 Å². The lowest BCUT2D eigenvalue weighted by Gasteiger charge is -2.11. The van der Waals surface area contributed by atoms with Gasteiger partial charge in [0.15, 0.2) is 0 Å².